The zero-order valence-corrected chi connectivity index (χ0v) is 22.9. The molecule has 36 heavy (non-hydrogen) atoms. The van der Waals surface area contributed by atoms with Gasteiger partial charge in [0.25, 0.3) is 5.91 Å². The largest absolute Gasteiger partial charge is 0.497 e. The van der Waals surface area contributed by atoms with Crippen molar-refractivity contribution in [2.75, 3.05) is 20.8 Å². The molecule has 0 spiro atoms. The van der Waals surface area contributed by atoms with E-state index in [-0.39, 0.29) is 18.3 Å². The van der Waals surface area contributed by atoms with Crippen molar-refractivity contribution in [3.8, 4) is 17.2 Å². The van der Waals surface area contributed by atoms with Crippen molar-refractivity contribution in [2.45, 2.75) is 13.5 Å². The Balaban J connectivity index is 1.58. The molecule has 186 valence electrons. The van der Waals surface area contributed by atoms with Crippen LogP contribution < -0.4 is 14.2 Å². The Kier molecular flexibility index (Phi) is 8.52. The van der Waals surface area contributed by atoms with Crippen molar-refractivity contribution < 1.29 is 23.4 Å². The third-order valence-electron chi connectivity index (χ3n) is 5.32. The van der Waals surface area contributed by atoms with Gasteiger partial charge in [0.2, 0.25) is 0 Å². The van der Waals surface area contributed by atoms with E-state index in [4.69, 9.17) is 14.2 Å². The predicted molar refractivity (Wildman–Crippen MR) is 149 cm³/mol. The Hall–Kier alpha value is -3.05. The van der Waals surface area contributed by atoms with Gasteiger partial charge in [0.05, 0.1) is 28.4 Å². The second-order valence-corrected chi connectivity index (χ2v) is 9.88. The molecular weight excluding hydrogens is 594 g/mol. The summed E-state index contributed by atoms with van der Waals surface area (Å²) >= 11 is 3.50. The molecule has 0 radical (unpaired) electrons. The van der Waals surface area contributed by atoms with Gasteiger partial charge in [-0.2, -0.15) is 0 Å². The number of methoxy groups -OCH3 is 2. The molecule has 4 rings (SSSR count). The van der Waals surface area contributed by atoms with Crippen LogP contribution in [0.4, 0.5) is 10.1 Å². The van der Waals surface area contributed by atoms with Gasteiger partial charge in [-0.25, -0.2) is 9.38 Å². The van der Waals surface area contributed by atoms with E-state index in [9.17, 15) is 9.18 Å². The zero-order chi connectivity index (χ0) is 25.7. The van der Waals surface area contributed by atoms with Gasteiger partial charge in [-0.3, -0.25) is 9.69 Å². The molecule has 1 amide bonds. The van der Waals surface area contributed by atoms with Crippen molar-refractivity contribution in [3.05, 3.63) is 86.1 Å². The van der Waals surface area contributed by atoms with Crippen LogP contribution in [0.1, 0.15) is 18.1 Å². The average Bonchev–Trinajstić information content (AvgIpc) is 3.16. The maximum Gasteiger partial charge on any atom is 0.266 e. The number of rotatable bonds is 8. The van der Waals surface area contributed by atoms with Crippen molar-refractivity contribution in [1.29, 1.82) is 0 Å². The number of carbonyl (C=O) groups is 1. The third kappa shape index (κ3) is 6.01. The Bertz CT molecular complexity index is 1330. The summed E-state index contributed by atoms with van der Waals surface area (Å²) in [5.74, 6) is 1.42. The molecule has 1 fully saturated rings. The summed E-state index contributed by atoms with van der Waals surface area (Å²) in [7, 11) is 3.17. The number of carbonyl (C=O) groups excluding carboxylic acids is 1. The van der Waals surface area contributed by atoms with Gasteiger partial charge in [-0.1, -0.05) is 12.1 Å². The lowest BCUT2D eigenvalue weighted by Gasteiger charge is -2.14. The lowest BCUT2D eigenvalue weighted by Crippen LogP contribution is -2.28. The highest BCUT2D eigenvalue weighted by molar-refractivity contribution is 14.1. The monoisotopic (exact) mass is 618 g/mol. The fourth-order valence-electron chi connectivity index (χ4n) is 3.53. The minimum absolute atomic E-state index is 0.102. The molecule has 0 saturated carbocycles. The number of nitrogens with zero attached hydrogens (tertiary/aromatic N) is 2. The smallest absolute Gasteiger partial charge is 0.266 e. The van der Waals surface area contributed by atoms with Gasteiger partial charge in [-0.05, 0) is 107 Å². The molecule has 0 aliphatic carbocycles. The molecule has 1 heterocycles. The van der Waals surface area contributed by atoms with Crippen LogP contribution in [-0.2, 0) is 11.4 Å². The molecule has 3 aromatic carbocycles. The van der Waals surface area contributed by atoms with Gasteiger partial charge in [0.1, 0.15) is 18.2 Å². The van der Waals surface area contributed by atoms with Crippen LogP contribution in [-0.4, -0.2) is 36.7 Å². The number of amides is 1. The Labute approximate surface area is 227 Å². The predicted octanol–water partition coefficient (Wildman–Crippen LogP) is 6.65. The van der Waals surface area contributed by atoms with E-state index in [1.54, 1.807) is 31.3 Å². The minimum Gasteiger partial charge on any atom is -0.497 e. The first-order chi connectivity index (χ1) is 17.4. The molecule has 0 unspecified atom stereocenters. The van der Waals surface area contributed by atoms with E-state index < -0.39 is 0 Å². The topological polar surface area (TPSA) is 60.4 Å². The number of hydrogen-bond donors (Lipinski definition) is 0. The standard InChI is InChI=1S/C27H24FIN2O4S/c1-4-31-26(32)24(36-27(31)30-20-8-10-21(33-2)11-9-20)15-18-13-22(29)25(23(14-18)34-3)35-16-17-6-5-7-19(28)12-17/h5-15H,4,16H2,1-3H3/b24-15+,30-27?. The zero-order valence-electron chi connectivity index (χ0n) is 20.0. The van der Waals surface area contributed by atoms with E-state index in [1.807, 2.05) is 49.4 Å². The van der Waals surface area contributed by atoms with E-state index in [0.717, 1.165) is 26.1 Å². The first kappa shape index (κ1) is 26.0. The molecule has 1 aliphatic heterocycles. The maximum atomic E-state index is 13.5. The summed E-state index contributed by atoms with van der Waals surface area (Å²) in [4.78, 5) is 20.0. The quantitative estimate of drug-likeness (QED) is 0.209. The van der Waals surface area contributed by atoms with Crippen LogP contribution in [0.25, 0.3) is 6.08 Å². The van der Waals surface area contributed by atoms with Crippen LogP contribution in [0.5, 0.6) is 17.2 Å². The van der Waals surface area contributed by atoms with Crippen molar-refractivity contribution in [3.63, 3.8) is 0 Å². The Morgan fingerprint density at radius 1 is 1.08 bits per heavy atom. The van der Waals surface area contributed by atoms with Crippen LogP contribution in [0, 0.1) is 9.39 Å². The lowest BCUT2D eigenvalue weighted by molar-refractivity contribution is -0.122. The molecule has 3 aromatic rings. The first-order valence-electron chi connectivity index (χ1n) is 11.1. The van der Waals surface area contributed by atoms with Gasteiger partial charge < -0.3 is 14.2 Å². The second-order valence-electron chi connectivity index (χ2n) is 7.71. The van der Waals surface area contributed by atoms with Gasteiger partial charge in [-0.15, -0.1) is 0 Å². The molecule has 0 N–H and O–H groups in total. The van der Waals surface area contributed by atoms with E-state index in [1.165, 1.54) is 23.9 Å². The summed E-state index contributed by atoms with van der Waals surface area (Å²) in [6, 6.07) is 17.4. The third-order valence-corrected chi connectivity index (χ3v) is 7.13. The summed E-state index contributed by atoms with van der Waals surface area (Å²) in [6.45, 7) is 2.63. The number of likely N-dealkylation sites (N-methyl/N-ethyl adjacent to an activating group) is 1. The van der Waals surface area contributed by atoms with E-state index >= 15 is 0 Å². The van der Waals surface area contributed by atoms with Crippen molar-refractivity contribution in [2.24, 2.45) is 4.99 Å². The summed E-state index contributed by atoms with van der Waals surface area (Å²) in [5, 5.41) is 0.621. The molecular formula is C27H24FIN2O4S. The van der Waals surface area contributed by atoms with Crippen LogP contribution in [0.15, 0.2) is 70.6 Å². The molecule has 0 atom stereocenters. The number of halogens is 2. The lowest BCUT2D eigenvalue weighted by atomic mass is 10.1. The highest BCUT2D eigenvalue weighted by Crippen LogP contribution is 2.38. The van der Waals surface area contributed by atoms with Crippen molar-refractivity contribution in [1.82, 2.24) is 4.90 Å². The highest BCUT2D eigenvalue weighted by Gasteiger charge is 2.32. The average molecular weight is 618 g/mol. The highest BCUT2D eigenvalue weighted by atomic mass is 127. The van der Waals surface area contributed by atoms with Gasteiger partial charge in [0, 0.05) is 6.54 Å². The SMILES string of the molecule is CCN1C(=O)/C(=C\c2cc(I)c(OCc3cccc(F)c3)c(OC)c2)SC1=Nc1ccc(OC)cc1. The normalized spacial score (nSPS) is 15.6. The number of benzene rings is 3. The summed E-state index contributed by atoms with van der Waals surface area (Å²) in [6.07, 6.45) is 1.83. The summed E-state index contributed by atoms with van der Waals surface area (Å²) in [5.41, 5.74) is 2.25. The number of amidine groups is 1. The summed E-state index contributed by atoms with van der Waals surface area (Å²) < 4.78 is 31.0. The van der Waals surface area contributed by atoms with Gasteiger partial charge >= 0.3 is 0 Å². The Morgan fingerprint density at radius 3 is 2.53 bits per heavy atom. The van der Waals surface area contributed by atoms with Crippen molar-refractivity contribution >= 4 is 57.2 Å². The second kappa shape index (κ2) is 11.8. The van der Waals surface area contributed by atoms with Crippen LogP contribution >= 0.6 is 34.4 Å². The molecule has 0 aromatic heterocycles. The molecule has 0 bridgehead atoms. The maximum absolute atomic E-state index is 13.5. The number of thioether (sulfide) groups is 1. The van der Waals surface area contributed by atoms with Crippen LogP contribution in [0.3, 0.4) is 0 Å². The first-order valence-corrected chi connectivity index (χ1v) is 13.0. The van der Waals surface area contributed by atoms with Crippen LogP contribution in [0.2, 0.25) is 0 Å². The molecule has 6 nitrogen and oxygen atoms in total. The minimum atomic E-state index is -0.311. The molecule has 1 saturated heterocycles. The number of hydrogen-bond acceptors (Lipinski definition) is 6. The van der Waals surface area contributed by atoms with E-state index in [0.29, 0.717) is 28.1 Å². The Morgan fingerprint density at radius 2 is 1.86 bits per heavy atom. The fraction of sp³-hybridized carbons (Fsp3) is 0.185. The number of ether oxygens (including phenoxy) is 3. The van der Waals surface area contributed by atoms with E-state index in [2.05, 4.69) is 27.6 Å². The molecule has 1 aliphatic rings. The molecule has 9 heteroatoms. The van der Waals surface area contributed by atoms with Gasteiger partial charge in [0.15, 0.2) is 16.7 Å². The number of aliphatic imine (C=N–C) groups is 1. The fourth-order valence-corrected chi connectivity index (χ4v) is 5.38.